The summed E-state index contributed by atoms with van der Waals surface area (Å²) in [6, 6.07) is 4.29. The van der Waals surface area contributed by atoms with Crippen molar-refractivity contribution in [2.45, 2.75) is 56.9 Å². The lowest BCUT2D eigenvalue weighted by molar-refractivity contribution is -0.134. The van der Waals surface area contributed by atoms with Crippen LogP contribution in [-0.2, 0) is 26.0 Å². The van der Waals surface area contributed by atoms with Crippen LogP contribution in [-0.4, -0.2) is 67.2 Å². The van der Waals surface area contributed by atoms with E-state index in [2.05, 4.69) is 5.32 Å². The number of anilines is 1. The number of nitrogens with zero attached hydrogens (tertiary/aromatic N) is 3. The van der Waals surface area contributed by atoms with E-state index in [9.17, 15) is 22.8 Å². The standard InChI is InChI=1S/C22H30N4O5S/c1-4-24(5-2)32(30,31)17-10-11-18-15(13-17)7-6-12-25(18)19(27)14-26-20(28)22(3,16-8-9-16)23-21(26)29/h10-11,13,16H,4-9,12,14H2,1-3H3,(H,23,29). The Hall–Kier alpha value is -2.46. The summed E-state index contributed by atoms with van der Waals surface area (Å²) in [6.45, 7) is 6.21. The van der Waals surface area contributed by atoms with Gasteiger partial charge in [-0.2, -0.15) is 4.31 Å². The Kier molecular flexibility index (Phi) is 5.79. The predicted octanol–water partition coefficient (Wildman–Crippen LogP) is 1.72. The second-order valence-electron chi connectivity index (χ2n) is 8.83. The summed E-state index contributed by atoms with van der Waals surface area (Å²) in [5, 5.41) is 2.76. The highest BCUT2D eigenvalue weighted by atomic mass is 32.2. The lowest BCUT2D eigenvalue weighted by atomic mass is 9.96. The molecule has 1 saturated carbocycles. The molecule has 1 unspecified atom stereocenters. The number of amides is 4. The van der Waals surface area contributed by atoms with E-state index in [-0.39, 0.29) is 29.2 Å². The van der Waals surface area contributed by atoms with Gasteiger partial charge < -0.3 is 10.2 Å². The third kappa shape index (κ3) is 3.69. The Morgan fingerprint density at radius 2 is 1.91 bits per heavy atom. The fraction of sp³-hybridized carbons (Fsp3) is 0.591. The zero-order valence-electron chi connectivity index (χ0n) is 18.8. The first-order chi connectivity index (χ1) is 15.1. The smallest absolute Gasteiger partial charge is 0.323 e. The summed E-state index contributed by atoms with van der Waals surface area (Å²) in [5.41, 5.74) is 0.486. The van der Waals surface area contributed by atoms with Crippen LogP contribution in [0.25, 0.3) is 0 Å². The summed E-state index contributed by atoms with van der Waals surface area (Å²) >= 11 is 0. The monoisotopic (exact) mass is 462 g/mol. The molecule has 1 aliphatic carbocycles. The van der Waals surface area contributed by atoms with Crippen LogP contribution >= 0.6 is 0 Å². The Morgan fingerprint density at radius 3 is 2.53 bits per heavy atom. The van der Waals surface area contributed by atoms with Crippen molar-refractivity contribution < 1.29 is 22.8 Å². The fourth-order valence-corrected chi connectivity index (χ4v) is 6.23. The van der Waals surface area contributed by atoms with E-state index < -0.39 is 21.6 Å². The minimum absolute atomic E-state index is 0.126. The molecule has 1 aromatic rings. The van der Waals surface area contributed by atoms with E-state index in [0.29, 0.717) is 38.2 Å². The highest BCUT2D eigenvalue weighted by Gasteiger charge is 2.56. The van der Waals surface area contributed by atoms with Crippen LogP contribution in [0.15, 0.2) is 23.1 Å². The molecule has 4 amide bonds. The average molecular weight is 463 g/mol. The number of benzene rings is 1. The molecule has 0 spiro atoms. The van der Waals surface area contributed by atoms with Crippen molar-refractivity contribution in [3.8, 4) is 0 Å². The van der Waals surface area contributed by atoms with E-state index in [0.717, 1.165) is 23.3 Å². The van der Waals surface area contributed by atoms with Gasteiger partial charge in [0.2, 0.25) is 15.9 Å². The Morgan fingerprint density at radius 1 is 1.22 bits per heavy atom. The van der Waals surface area contributed by atoms with Crippen LogP contribution in [0.3, 0.4) is 0 Å². The molecule has 10 heteroatoms. The number of carbonyl (C=O) groups is 3. The Balaban J connectivity index is 1.55. The molecule has 32 heavy (non-hydrogen) atoms. The molecule has 4 rings (SSSR count). The van der Waals surface area contributed by atoms with E-state index >= 15 is 0 Å². The zero-order valence-corrected chi connectivity index (χ0v) is 19.6. The summed E-state index contributed by atoms with van der Waals surface area (Å²) in [7, 11) is -3.60. The number of hydrogen-bond donors (Lipinski definition) is 1. The zero-order chi connectivity index (χ0) is 23.3. The van der Waals surface area contributed by atoms with Gasteiger partial charge in [0, 0.05) is 25.3 Å². The van der Waals surface area contributed by atoms with Crippen LogP contribution in [0, 0.1) is 5.92 Å². The number of fused-ring (bicyclic) bond motifs is 1. The van der Waals surface area contributed by atoms with Crippen molar-refractivity contribution in [3.63, 3.8) is 0 Å². The van der Waals surface area contributed by atoms with Gasteiger partial charge in [0.1, 0.15) is 12.1 Å². The predicted molar refractivity (Wildman–Crippen MR) is 119 cm³/mol. The van der Waals surface area contributed by atoms with E-state index in [1.54, 1.807) is 37.8 Å². The number of rotatable bonds is 7. The van der Waals surface area contributed by atoms with E-state index in [4.69, 9.17) is 0 Å². The summed E-state index contributed by atoms with van der Waals surface area (Å²) in [4.78, 5) is 41.2. The quantitative estimate of drug-likeness (QED) is 0.621. The molecule has 1 saturated heterocycles. The maximum atomic E-state index is 13.1. The third-order valence-electron chi connectivity index (χ3n) is 6.80. The molecular formula is C22H30N4O5S. The third-order valence-corrected chi connectivity index (χ3v) is 8.85. The van der Waals surface area contributed by atoms with Gasteiger partial charge >= 0.3 is 6.03 Å². The number of urea groups is 1. The highest BCUT2D eigenvalue weighted by molar-refractivity contribution is 7.89. The van der Waals surface area contributed by atoms with Crippen LogP contribution < -0.4 is 10.2 Å². The molecule has 9 nitrogen and oxygen atoms in total. The SMILES string of the molecule is CCN(CC)S(=O)(=O)c1ccc2c(c1)CCCN2C(=O)CN1C(=O)NC(C)(C2CC2)C1=O. The molecule has 3 aliphatic rings. The molecule has 2 aliphatic heterocycles. The van der Waals surface area contributed by atoms with Gasteiger partial charge in [-0.05, 0) is 62.3 Å². The number of hydrogen-bond acceptors (Lipinski definition) is 5. The van der Waals surface area contributed by atoms with Crippen molar-refractivity contribution in [1.82, 2.24) is 14.5 Å². The number of imide groups is 1. The topological polar surface area (TPSA) is 107 Å². The van der Waals surface area contributed by atoms with Crippen molar-refractivity contribution in [2.75, 3.05) is 31.1 Å². The number of sulfonamides is 1. The molecule has 2 heterocycles. The number of carbonyl (C=O) groups excluding carboxylic acids is 3. The first kappa shape index (κ1) is 22.7. The van der Waals surface area contributed by atoms with Crippen LogP contribution in [0.4, 0.5) is 10.5 Å². The van der Waals surface area contributed by atoms with E-state index in [1.165, 1.54) is 10.4 Å². The molecule has 1 atom stereocenters. The second-order valence-corrected chi connectivity index (χ2v) is 10.8. The van der Waals surface area contributed by atoms with Gasteiger partial charge in [-0.1, -0.05) is 13.8 Å². The minimum Gasteiger partial charge on any atom is -0.323 e. The van der Waals surface area contributed by atoms with Crippen molar-refractivity contribution in [3.05, 3.63) is 23.8 Å². The Labute approximate surface area is 188 Å². The van der Waals surface area contributed by atoms with Gasteiger partial charge in [-0.15, -0.1) is 0 Å². The largest absolute Gasteiger partial charge is 0.325 e. The number of nitrogens with one attached hydrogen (secondary N) is 1. The first-order valence-corrected chi connectivity index (χ1v) is 12.6. The lowest BCUT2D eigenvalue weighted by Gasteiger charge is -2.31. The summed E-state index contributed by atoms with van der Waals surface area (Å²) in [5.74, 6) is -0.578. The van der Waals surface area contributed by atoms with Crippen LogP contribution in [0.5, 0.6) is 0 Å². The van der Waals surface area contributed by atoms with Gasteiger partial charge in [0.15, 0.2) is 0 Å². The molecule has 0 aromatic heterocycles. The van der Waals surface area contributed by atoms with Crippen molar-refractivity contribution in [2.24, 2.45) is 5.92 Å². The molecule has 174 valence electrons. The molecule has 1 N–H and O–H groups in total. The minimum atomic E-state index is -3.60. The summed E-state index contributed by atoms with van der Waals surface area (Å²) in [6.07, 6.45) is 3.11. The van der Waals surface area contributed by atoms with Crippen molar-refractivity contribution in [1.29, 1.82) is 0 Å². The van der Waals surface area contributed by atoms with Gasteiger partial charge in [0.25, 0.3) is 5.91 Å². The van der Waals surface area contributed by atoms with Crippen molar-refractivity contribution >= 4 is 33.6 Å². The van der Waals surface area contributed by atoms with Gasteiger partial charge in [-0.25, -0.2) is 13.2 Å². The normalized spacial score (nSPS) is 23.5. The Bertz CT molecular complexity index is 1060. The molecule has 0 bridgehead atoms. The van der Waals surface area contributed by atoms with Gasteiger partial charge in [0.05, 0.1) is 4.90 Å². The first-order valence-electron chi connectivity index (χ1n) is 11.2. The van der Waals surface area contributed by atoms with Crippen LogP contribution in [0.2, 0.25) is 0 Å². The fourth-order valence-electron chi connectivity index (χ4n) is 4.72. The second kappa shape index (κ2) is 8.15. The number of aryl methyl sites for hydroxylation is 1. The molecule has 0 radical (unpaired) electrons. The maximum absolute atomic E-state index is 13.1. The highest BCUT2D eigenvalue weighted by Crippen LogP contribution is 2.42. The molecular weight excluding hydrogens is 432 g/mol. The average Bonchev–Trinajstić information content (AvgIpc) is 3.59. The lowest BCUT2D eigenvalue weighted by Crippen LogP contribution is -2.48. The molecule has 2 fully saturated rings. The van der Waals surface area contributed by atoms with Gasteiger partial charge in [-0.3, -0.25) is 14.5 Å². The summed E-state index contributed by atoms with van der Waals surface area (Å²) < 4.78 is 27.1. The van der Waals surface area contributed by atoms with E-state index in [1.807, 2.05) is 0 Å². The molecule has 1 aromatic carbocycles. The maximum Gasteiger partial charge on any atom is 0.325 e. The van der Waals surface area contributed by atoms with Crippen LogP contribution in [0.1, 0.15) is 45.6 Å².